The van der Waals surface area contributed by atoms with Crippen molar-refractivity contribution < 1.29 is 37.3 Å². The molecule has 0 aliphatic rings. The third-order valence-corrected chi connectivity index (χ3v) is 10.4. The molecule has 0 amide bonds. The summed E-state index contributed by atoms with van der Waals surface area (Å²) in [5.74, 6) is -0.375. The van der Waals surface area contributed by atoms with Gasteiger partial charge in [0.25, 0.3) is 0 Å². The van der Waals surface area contributed by atoms with Crippen LogP contribution >= 0.6 is 7.82 Å². The molecular formula is C56H91NO7P+. The number of allylic oxidation sites excluding steroid dienone is 24. The normalized spacial score (nSPS) is 14.9. The Hall–Kier alpha value is -3.62. The highest BCUT2D eigenvalue weighted by Crippen LogP contribution is 2.43. The minimum absolute atomic E-state index is 0.0631. The van der Waals surface area contributed by atoms with E-state index in [9.17, 15) is 14.3 Å². The van der Waals surface area contributed by atoms with Gasteiger partial charge in [-0.1, -0.05) is 166 Å². The van der Waals surface area contributed by atoms with Gasteiger partial charge in [-0.05, 0) is 116 Å². The number of rotatable bonds is 43. The third-order valence-electron chi connectivity index (χ3n) is 9.40. The second kappa shape index (κ2) is 46.9. The highest BCUT2D eigenvalue weighted by molar-refractivity contribution is 7.47. The van der Waals surface area contributed by atoms with Gasteiger partial charge < -0.3 is 18.9 Å². The monoisotopic (exact) mass is 921 g/mol. The van der Waals surface area contributed by atoms with Crippen molar-refractivity contribution in [3.05, 3.63) is 146 Å². The first kappa shape index (κ1) is 61.4. The minimum atomic E-state index is -4.32. The maximum atomic E-state index is 12.7. The van der Waals surface area contributed by atoms with E-state index in [1.807, 2.05) is 21.1 Å². The zero-order chi connectivity index (χ0) is 47.6. The standard InChI is InChI=1S/C56H90NO7P/c1-6-8-10-12-14-16-18-20-22-24-26-28-30-32-34-36-38-40-42-44-46-48-51-61-53-55(54-63-65(59,60)62-52-50-57(3,4)5)64-56(58)49-47-45-43-41-39-37-35-33-31-29-27-25-23-21-19-17-15-13-11-9-7-2/h8-11,14-17,20-23,26-29,32-35,38-41,55H,6-7,12-13,18-19,24-25,30-31,36-37,42-54H2,1-5H3/p+1/b10-8-,11-9-,16-14-,17-15-,22-20-,23-21-,28-26-,29-27-,34-32-,35-33-,40-38-,41-39-. The fraction of sp³-hybridized carbons (Fsp3) is 0.554. The van der Waals surface area contributed by atoms with Gasteiger partial charge in [0.15, 0.2) is 0 Å². The van der Waals surface area contributed by atoms with Crippen LogP contribution in [0, 0.1) is 0 Å². The molecule has 2 unspecified atom stereocenters. The molecule has 65 heavy (non-hydrogen) atoms. The zero-order valence-corrected chi connectivity index (χ0v) is 42.3. The second-order valence-electron chi connectivity index (χ2n) is 16.7. The molecule has 0 fully saturated rings. The Morgan fingerprint density at radius 1 is 0.477 bits per heavy atom. The molecule has 0 rings (SSSR count). The number of carbonyl (C=O) groups is 1. The number of hydrogen-bond donors (Lipinski definition) is 1. The number of likely N-dealkylation sites (N-methyl/N-ethyl adjacent to an activating group) is 1. The summed E-state index contributed by atoms with van der Waals surface area (Å²) in [4.78, 5) is 23.0. The molecule has 0 aromatic heterocycles. The van der Waals surface area contributed by atoms with E-state index in [-0.39, 0.29) is 32.2 Å². The topological polar surface area (TPSA) is 91.3 Å². The molecule has 0 radical (unpaired) electrons. The van der Waals surface area contributed by atoms with Gasteiger partial charge in [-0.25, -0.2) is 4.57 Å². The van der Waals surface area contributed by atoms with Crippen LogP contribution in [-0.2, 0) is 27.9 Å². The highest BCUT2D eigenvalue weighted by Gasteiger charge is 2.26. The van der Waals surface area contributed by atoms with Crippen LogP contribution in [0.3, 0.4) is 0 Å². The Labute approximate surface area is 397 Å². The van der Waals surface area contributed by atoms with Crippen molar-refractivity contribution >= 4 is 13.8 Å². The van der Waals surface area contributed by atoms with Gasteiger partial charge in [0.2, 0.25) is 0 Å². The average molecular weight is 921 g/mol. The van der Waals surface area contributed by atoms with Crippen LogP contribution in [0.2, 0.25) is 0 Å². The fourth-order valence-corrected chi connectivity index (χ4v) is 6.42. The molecular weight excluding hydrogens is 830 g/mol. The number of esters is 1. The summed E-state index contributed by atoms with van der Waals surface area (Å²) in [5.41, 5.74) is 0. The quantitative estimate of drug-likeness (QED) is 0.0214. The number of quaternary nitrogens is 1. The Bertz CT molecular complexity index is 1540. The molecule has 0 saturated carbocycles. The zero-order valence-electron chi connectivity index (χ0n) is 41.4. The summed E-state index contributed by atoms with van der Waals surface area (Å²) >= 11 is 0. The molecule has 0 aliphatic carbocycles. The van der Waals surface area contributed by atoms with Gasteiger partial charge >= 0.3 is 13.8 Å². The fourth-order valence-electron chi connectivity index (χ4n) is 5.67. The molecule has 0 spiro atoms. The van der Waals surface area contributed by atoms with E-state index in [1.165, 1.54) is 0 Å². The lowest BCUT2D eigenvalue weighted by atomic mass is 10.2. The number of unbranched alkanes of at least 4 members (excludes halogenated alkanes) is 5. The summed E-state index contributed by atoms with van der Waals surface area (Å²) in [7, 11) is 1.58. The van der Waals surface area contributed by atoms with E-state index in [0.29, 0.717) is 24.1 Å². The van der Waals surface area contributed by atoms with Crippen LogP contribution in [0.4, 0.5) is 0 Å². The Morgan fingerprint density at radius 2 is 0.846 bits per heavy atom. The van der Waals surface area contributed by atoms with Crippen LogP contribution in [-0.4, -0.2) is 75.6 Å². The number of hydrogen-bond acceptors (Lipinski definition) is 6. The van der Waals surface area contributed by atoms with E-state index >= 15 is 0 Å². The van der Waals surface area contributed by atoms with Crippen molar-refractivity contribution in [1.29, 1.82) is 0 Å². The highest BCUT2D eigenvalue weighted by atomic mass is 31.2. The first-order chi connectivity index (χ1) is 31.6. The van der Waals surface area contributed by atoms with Crippen LogP contribution in [0.5, 0.6) is 0 Å². The SMILES string of the molecule is CC/C=C\C/C=C\C/C=C\C/C=C\C/C=C\C/C=C\CCCCCOCC(COP(=O)(O)OCC[N+](C)(C)C)OC(=O)CCCC/C=C\C/C=C\C/C=C\C/C=C\C/C=C\C/C=C\CC. The summed E-state index contributed by atoms with van der Waals surface area (Å²) in [6.07, 6.45) is 70.4. The predicted octanol–water partition coefficient (Wildman–Crippen LogP) is 15.3. The minimum Gasteiger partial charge on any atom is -0.457 e. The maximum absolute atomic E-state index is 12.7. The van der Waals surface area contributed by atoms with Crippen molar-refractivity contribution in [2.24, 2.45) is 0 Å². The second-order valence-corrected chi connectivity index (χ2v) is 18.2. The number of carbonyl (C=O) groups excluding carboxylic acids is 1. The number of nitrogens with zero attached hydrogens (tertiary/aromatic N) is 1. The van der Waals surface area contributed by atoms with E-state index in [2.05, 4.69) is 160 Å². The van der Waals surface area contributed by atoms with Gasteiger partial charge in [-0.15, -0.1) is 0 Å². The molecule has 366 valence electrons. The average Bonchev–Trinajstić information content (AvgIpc) is 3.27. The number of phosphoric ester groups is 1. The third kappa shape index (κ3) is 51.2. The van der Waals surface area contributed by atoms with Gasteiger partial charge in [-0.3, -0.25) is 13.8 Å². The lowest BCUT2D eigenvalue weighted by Gasteiger charge is -2.24. The molecule has 0 aliphatic heterocycles. The van der Waals surface area contributed by atoms with E-state index in [0.717, 1.165) is 116 Å². The Balaban J connectivity index is 4.39. The molecule has 9 heteroatoms. The molecule has 0 saturated heterocycles. The Kier molecular flexibility index (Phi) is 44.3. The lowest BCUT2D eigenvalue weighted by molar-refractivity contribution is -0.870. The molecule has 0 aromatic carbocycles. The molecule has 0 aromatic rings. The van der Waals surface area contributed by atoms with Crippen LogP contribution in [0.25, 0.3) is 0 Å². The Morgan fingerprint density at radius 3 is 1.23 bits per heavy atom. The smallest absolute Gasteiger partial charge is 0.457 e. The van der Waals surface area contributed by atoms with Gasteiger partial charge in [0.1, 0.15) is 19.3 Å². The molecule has 0 bridgehead atoms. The lowest BCUT2D eigenvalue weighted by Crippen LogP contribution is -2.37. The first-order valence-electron chi connectivity index (χ1n) is 24.6. The molecule has 0 heterocycles. The summed E-state index contributed by atoms with van der Waals surface area (Å²) in [5, 5.41) is 0. The van der Waals surface area contributed by atoms with E-state index < -0.39 is 13.9 Å². The number of phosphoric acid groups is 1. The number of ether oxygens (including phenoxy) is 2. The van der Waals surface area contributed by atoms with Crippen molar-refractivity contribution in [3.8, 4) is 0 Å². The van der Waals surface area contributed by atoms with Crippen molar-refractivity contribution in [2.45, 2.75) is 148 Å². The summed E-state index contributed by atoms with van der Waals surface area (Å²) in [6, 6.07) is 0. The van der Waals surface area contributed by atoms with Gasteiger partial charge in [-0.2, -0.15) is 0 Å². The van der Waals surface area contributed by atoms with Gasteiger partial charge in [0, 0.05) is 13.0 Å². The van der Waals surface area contributed by atoms with Crippen molar-refractivity contribution in [1.82, 2.24) is 0 Å². The van der Waals surface area contributed by atoms with Crippen LogP contribution in [0.1, 0.15) is 142 Å². The summed E-state index contributed by atoms with van der Waals surface area (Å²) in [6.45, 7) is 5.20. The molecule has 8 nitrogen and oxygen atoms in total. The van der Waals surface area contributed by atoms with Crippen LogP contribution in [0.15, 0.2) is 146 Å². The maximum Gasteiger partial charge on any atom is 0.472 e. The van der Waals surface area contributed by atoms with E-state index in [1.54, 1.807) is 0 Å². The molecule has 2 atom stereocenters. The first-order valence-corrected chi connectivity index (χ1v) is 26.1. The predicted molar refractivity (Wildman–Crippen MR) is 279 cm³/mol. The van der Waals surface area contributed by atoms with E-state index in [4.69, 9.17) is 18.5 Å². The largest absolute Gasteiger partial charge is 0.472 e. The van der Waals surface area contributed by atoms with Crippen molar-refractivity contribution in [2.75, 3.05) is 54.1 Å². The summed E-state index contributed by atoms with van der Waals surface area (Å²) < 4.78 is 35.0. The van der Waals surface area contributed by atoms with Gasteiger partial charge in [0.05, 0.1) is 34.4 Å². The van der Waals surface area contributed by atoms with Crippen LogP contribution < -0.4 is 0 Å². The molecule has 1 N–H and O–H groups in total. The van der Waals surface area contributed by atoms with Crippen molar-refractivity contribution in [3.63, 3.8) is 0 Å².